The normalized spacial score (nSPS) is 11.0. The van der Waals surface area contributed by atoms with Gasteiger partial charge in [-0.1, -0.05) is 60.1 Å². The number of aromatic carboxylic acids is 1. The lowest BCUT2D eigenvalue weighted by atomic mass is 10.0. The van der Waals surface area contributed by atoms with Crippen molar-refractivity contribution in [3.05, 3.63) is 87.1 Å². The van der Waals surface area contributed by atoms with Gasteiger partial charge in [-0.3, -0.25) is 4.79 Å². The van der Waals surface area contributed by atoms with E-state index in [-0.39, 0.29) is 17.8 Å². The lowest BCUT2D eigenvalue weighted by Crippen LogP contribution is -2.05. The van der Waals surface area contributed by atoms with Crippen LogP contribution in [0, 0.1) is 0 Å². The second-order valence-electron chi connectivity index (χ2n) is 5.65. The van der Waals surface area contributed by atoms with Gasteiger partial charge >= 0.3 is 5.97 Å². The number of carboxylic acid groups (broad SMARTS) is 1. The van der Waals surface area contributed by atoms with Gasteiger partial charge in [0.1, 0.15) is 0 Å². The molecule has 0 radical (unpaired) electrons. The molecule has 3 aromatic rings. The second kappa shape index (κ2) is 8.13. The highest BCUT2D eigenvalue weighted by Crippen LogP contribution is 2.33. The second-order valence-corrected chi connectivity index (χ2v) is 7.05. The number of carbonyl (C=O) groups excluding carboxylic acids is 1. The summed E-state index contributed by atoms with van der Waals surface area (Å²) in [5.41, 5.74) is 2.47. The van der Waals surface area contributed by atoms with E-state index in [1.165, 1.54) is 17.4 Å². The molecular weight excluding hydrogens is 368 g/mol. The van der Waals surface area contributed by atoms with Crippen molar-refractivity contribution in [3.63, 3.8) is 0 Å². The third-order valence-electron chi connectivity index (χ3n) is 3.83. The molecule has 2 aromatic carbocycles. The molecule has 0 aliphatic carbocycles. The number of ketones is 1. The molecule has 0 spiro atoms. The molecule has 3 rings (SSSR count). The minimum Gasteiger partial charge on any atom is -0.478 e. The van der Waals surface area contributed by atoms with Crippen molar-refractivity contribution < 1.29 is 14.7 Å². The minimum absolute atomic E-state index is 0.0588. The van der Waals surface area contributed by atoms with Gasteiger partial charge in [-0.2, -0.15) is 0 Å². The van der Waals surface area contributed by atoms with E-state index in [2.05, 4.69) is 0 Å². The molecular formula is C21H15ClO3S. The highest BCUT2D eigenvalue weighted by molar-refractivity contribution is 7.11. The molecule has 0 saturated heterocycles. The quantitative estimate of drug-likeness (QED) is 0.565. The van der Waals surface area contributed by atoms with Crippen LogP contribution in [0.15, 0.2) is 66.1 Å². The molecule has 1 aromatic heterocycles. The molecule has 5 heteroatoms. The average molecular weight is 383 g/mol. The largest absolute Gasteiger partial charge is 0.478 e. The molecule has 3 nitrogen and oxygen atoms in total. The highest BCUT2D eigenvalue weighted by atomic mass is 35.5. The summed E-state index contributed by atoms with van der Waals surface area (Å²) < 4.78 is 0. The van der Waals surface area contributed by atoms with E-state index in [1.807, 2.05) is 30.3 Å². The molecule has 0 aliphatic rings. The number of carboxylic acids is 1. The molecule has 1 N–H and O–H groups in total. The predicted molar refractivity (Wildman–Crippen MR) is 106 cm³/mol. The molecule has 0 saturated carbocycles. The summed E-state index contributed by atoms with van der Waals surface area (Å²) in [4.78, 5) is 24.6. The Morgan fingerprint density at radius 1 is 1.04 bits per heavy atom. The van der Waals surface area contributed by atoms with Gasteiger partial charge in [-0.15, -0.1) is 11.3 Å². The zero-order valence-corrected chi connectivity index (χ0v) is 15.3. The number of rotatable bonds is 6. The first-order valence-corrected chi connectivity index (χ1v) is 9.16. The van der Waals surface area contributed by atoms with Crippen LogP contribution in [0.25, 0.3) is 17.2 Å². The van der Waals surface area contributed by atoms with E-state index in [9.17, 15) is 14.7 Å². The number of thiophene rings is 1. The van der Waals surface area contributed by atoms with Crippen molar-refractivity contribution >= 4 is 40.8 Å². The fourth-order valence-corrected chi connectivity index (χ4v) is 3.76. The van der Waals surface area contributed by atoms with E-state index in [1.54, 1.807) is 35.7 Å². The van der Waals surface area contributed by atoms with Crippen LogP contribution in [-0.4, -0.2) is 16.9 Å². The lowest BCUT2D eigenvalue weighted by molar-refractivity contribution is -0.113. The van der Waals surface area contributed by atoms with Crippen molar-refractivity contribution in [2.75, 3.05) is 0 Å². The molecule has 0 fully saturated rings. The molecule has 26 heavy (non-hydrogen) atoms. The Morgan fingerprint density at radius 3 is 2.38 bits per heavy atom. The third kappa shape index (κ3) is 4.28. The summed E-state index contributed by atoms with van der Waals surface area (Å²) in [6.45, 7) is 0. The summed E-state index contributed by atoms with van der Waals surface area (Å²) in [5.74, 6) is -1.17. The minimum atomic E-state index is -1.04. The standard InChI is InChI=1S/C21H15ClO3S/c22-16-9-7-15(8-10-16)18-13-26-19(20(18)21(24)25)12-17(23)11-6-14-4-2-1-3-5-14/h1-11,13H,12H2,(H,24,25)/b11-6+. The summed E-state index contributed by atoms with van der Waals surface area (Å²) in [7, 11) is 0. The van der Waals surface area contributed by atoms with Gasteiger partial charge < -0.3 is 5.11 Å². The monoisotopic (exact) mass is 382 g/mol. The Bertz CT molecular complexity index is 957. The predicted octanol–water partition coefficient (Wildman–Crippen LogP) is 5.59. The van der Waals surface area contributed by atoms with Crippen LogP contribution in [0.1, 0.15) is 20.8 Å². The highest BCUT2D eigenvalue weighted by Gasteiger charge is 2.20. The van der Waals surface area contributed by atoms with E-state index >= 15 is 0 Å². The van der Waals surface area contributed by atoms with Gasteiger partial charge in [0.05, 0.1) is 5.56 Å². The number of carbonyl (C=O) groups is 2. The van der Waals surface area contributed by atoms with Crippen LogP contribution < -0.4 is 0 Å². The van der Waals surface area contributed by atoms with Gasteiger partial charge in [0.15, 0.2) is 5.78 Å². The molecule has 130 valence electrons. The SMILES string of the molecule is O=C(/C=C/c1ccccc1)Cc1scc(-c2ccc(Cl)cc2)c1C(=O)O. The van der Waals surface area contributed by atoms with Crippen LogP contribution in [0.5, 0.6) is 0 Å². The van der Waals surface area contributed by atoms with Gasteiger partial charge in [-0.25, -0.2) is 4.79 Å². The van der Waals surface area contributed by atoms with Crippen LogP contribution >= 0.6 is 22.9 Å². The Morgan fingerprint density at radius 2 is 1.73 bits per heavy atom. The summed E-state index contributed by atoms with van der Waals surface area (Å²) in [6.07, 6.45) is 3.28. The maximum absolute atomic E-state index is 12.3. The maximum atomic E-state index is 12.3. The van der Waals surface area contributed by atoms with Gasteiger partial charge in [0.2, 0.25) is 0 Å². The maximum Gasteiger partial charge on any atom is 0.337 e. The number of hydrogen-bond acceptors (Lipinski definition) is 3. The van der Waals surface area contributed by atoms with Crippen LogP contribution in [0.2, 0.25) is 5.02 Å². The lowest BCUT2D eigenvalue weighted by Gasteiger charge is -2.03. The van der Waals surface area contributed by atoms with Gasteiger partial charge in [0.25, 0.3) is 0 Å². The van der Waals surface area contributed by atoms with Crippen molar-refractivity contribution in [2.45, 2.75) is 6.42 Å². The van der Waals surface area contributed by atoms with E-state index in [0.29, 0.717) is 15.5 Å². The van der Waals surface area contributed by atoms with Gasteiger partial charge in [0, 0.05) is 21.9 Å². The van der Waals surface area contributed by atoms with Crippen molar-refractivity contribution in [3.8, 4) is 11.1 Å². The fourth-order valence-electron chi connectivity index (χ4n) is 2.57. The fraction of sp³-hybridized carbons (Fsp3) is 0.0476. The molecule has 0 atom stereocenters. The van der Waals surface area contributed by atoms with E-state index in [4.69, 9.17) is 11.6 Å². The average Bonchev–Trinajstić information content (AvgIpc) is 3.05. The van der Waals surface area contributed by atoms with E-state index in [0.717, 1.165) is 11.1 Å². The molecule has 1 heterocycles. The van der Waals surface area contributed by atoms with Gasteiger partial charge in [-0.05, 0) is 34.7 Å². The number of allylic oxidation sites excluding steroid dienone is 1. The Labute approximate surface area is 160 Å². The van der Waals surface area contributed by atoms with E-state index < -0.39 is 5.97 Å². The van der Waals surface area contributed by atoms with Crippen LogP contribution in [-0.2, 0) is 11.2 Å². The number of hydrogen-bond donors (Lipinski definition) is 1. The molecule has 0 bridgehead atoms. The summed E-state index contributed by atoms with van der Waals surface area (Å²) >= 11 is 7.18. The smallest absolute Gasteiger partial charge is 0.337 e. The topological polar surface area (TPSA) is 54.4 Å². The molecule has 0 unspecified atom stereocenters. The Kier molecular flexibility index (Phi) is 5.66. The zero-order valence-electron chi connectivity index (χ0n) is 13.7. The summed E-state index contributed by atoms with van der Waals surface area (Å²) in [5, 5.41) is 12.0. The Balaban J connectivity index is 1.84. The van der Waals surface area contributed by atoms with Crippen molar-refractivity contribution in [1.82, 2.24) is 0 Å². The van der Waals surface area contributed by atoms with Crippen LogP contribution in [0.3, 0.4) is 0 Å². The first-order valence-electron chi connectivity index (χ1n) is 7.90. The molecule has 0 aliphatic heterocycles. The summed E-state index contributed by atoms with van der Waals surface area (Å²) in [6, 6.07) is 16.5. The van der Waals surface area contributed by atoms with Crippen molar-refractivity contribution in [2.24, 2.45) is 0 Å². The van der Waals surface area contributed by atoms with Crippen LogP contribution in [0.4, 0.5) is 0 Å². The number of halogens is 1. The van der Waals surface area contributed by atoms with Crippen molar-refractivity contribution in [1.29, 1.82) is 0 Å². The molecule has 0 amide bonds. The zero-order chi connectivity index (χ0) is 18.5. The third-order valence-corrected chi connectivity index (χ3v) is 5.07. The number of benzene rings is 2. The first-order chi connectivity index (χ1) is 12.5. The first kappa shape index (κ1) is 18.1. The Hall–Kier alpha value is -2.69.